The third-order valence-electron chi connectivity index (χ3n) is 5.28. The van der Waals surface area contributed by atoms with Crippen LogP contribution in [-0.2, 0) is 20.7 Å². The van der Waals surface area contributed by atoms with Crippen LogP contribution in [0.3, 0.4) is 0 Å². The van der Waals surface area contributed by atoms with Crippen molar-refractivity contribution in [2.24, 2.45) is 17.6 Å². The van der Waals surface area contributed by atoms with Crippen LogP contribution in [0.4, 0.5) is 4.79 Å². The molecular formula is C20H29N3O4. The van der Waals surface area contributed by atoms with Crippen molar-refractivity contribution in [1.82, 2.24) is 10.6 Å². The highest BCUT2D eigenvalue weighted by Crippen LogP contribution is 2.29. The average molecular weight is 375 g/mol. The van der Waals surface area contributed by atoms with Gasteiger partial charge >= 0.3 is 12.0 Å². The molecule has 1 fully saturated rings. The van der Waals surface area contributed by atoms with Gasteiger partial charge in [0.1, 0.15) is 6.04 Å². The quantitative estimate of drug-likeness (QED) is 0.631. The van der Waals surface area contributed by atoms with Crippen LogP contribution in [-0.4, -0.2) is 36.6 Å². The molecule has 7 nitrogen and oxygen atoms in total. The number of ether oxygens (including phenoxy) is 1. The lowest BCUT2D eigenvalue weighted by molar-refractivity contribution is -0.150. The molecule has 0 unspecified atom stereocenters. The second-order valence-electron chi connectivity index (χ2n) is 7.30. The van der Waals surface area contributed by atoms with Crippen LogP contribution in [0, 0.1) is 11.8 Å². The Bertz CT molecular complexity index is 650. The zero-order chi connectivity index (χ0) is 19.8. The Labute approximate surface area is 160 Å². The van der Waals surface area contributed by atoms with E-state index in [0.717, 1.165) is 18.4 Å². The average Bonchev–Trinajstić information content (AvgIpc) is 2.63. The van der Waals surface area contributed by atoms with E-state index in [1.54, 1.807) is 0 Å². The fraction of sp³-hybridized carbons (Fsp3) is 0.550. The van der Waals surface area contributed by atoms with E-state index in [4.69, 9.17) is 10.5 Å². The maximum Gasteiger partial charge on any atom is 0.329 e. The van der Waals surface area contributed by atoms with E-state index < -0.39 is 18.0 Å². The Morgan fingerprint density at radius 2 is 1.89 bits per heavy atom. The molecule has 148 valence electrons. The summed E-state index contributed by atoms with van der Waals surface area (Å²) < 4.78 is 5.12. The molecule has 0 aliphatic heterocycles. The van der Waals surface area contributed by atoms with Crippen molar-refractivity contribution in [2.45, 2.75) is 51.6 Å². The molecule has 1 aromatic carbocycles. The lowest BCUT2D eigenvalue weighted by Crippen LogP contribution is -2.48. The second-order valence-corrected chi connectivity index (χ2v) is 7.30. The van der Waals surface area contributed by atoms with Gasteiger partial charge in [0.2, 0.25) is 0 Å². The summed E-state index contributed by atoms with van der Waals surface area (Å²) in [5.74, 6) is -0.0629. The van der Waals surface area contributed by atoms with Gasteiger partial charge in [-0.15, -0.1) is 0 Å². The molecular weight excluding hydrogens is 346 g/mol. The van der Waals surface area contributed by atoms with Crippen LogP contribution in [0.1, 0.15) is 38.7 Å². The first-order valence-electron chi connectivity index (χ1n) is 9.42. The number of primary amides is 1. The summed E-state index contributed by atoms with van der Waals surface area (Å²) >= 11 is 0. The first-order valence-corrected chi connectivity index (χ1v) is 9.42. The summed E-state index contributed by atoms with van der Waals surface area (Å²) in [6.07, 6.45) is 3.42. The summed E-state index contributed by atoms with van der Waals surface area (Å²) in [4.78, 5) is 35.7. The maximum absolute atomic E-state index is 12.3. The van der Waals surface area contributed by atoms with Crippen LogP contribution >= 0.6 is 0 Å². The minimum Gasteiger partial charge on any atom is -0.454 e. The van der Waals surface area contributed by atoms with E-state index in [9.17, 15) is 14.4 Å². The van der Waals surface area contributed by atoms with Crippen molar-refractivity contribution in [3.8, 4) is 0 Å². The van der Waals surface area contributed by atoms with Crippen molar-refractivity contribution in [3.05, 3.63) is 35.9 Å². The van der Waals surface area contributed by atoms with Crippen molar-refractivity contribution in [3.63, 3.8) is 0 Å². The minimum atomic E-state index is -0.939. The molecule has 3 amide bonds. The summed E-state index contributed by atoms with van der Waals surface area (Å²) in [5, 5.41) is 5.33. The normalized spacial score (nSPS) is 23.1. The summed E-state index contributed by atoms with van der Waals surface area (Å²) in [5.41, 5.74) is 6.01. The molecule has 4 N–H and O–H groups in total. The molecule has 1 aliphatic rings. The number of nitrogens with one attached hydrogen (secondary N) is 2. The maximum atomic E-state index is 12.3. The third-order valence-corrected chi connectivity index (χ3v) is 5.28. The number of amides is 3. The van der Waals surface area contributed by atoms with E-state index >= 15 is 0 Å². The largest absolute Gasteiger partial charge is 0.454 e. The van der Waals surface area contributed by atoms with Gasteiger partial charge in [0.15, 0.2) is 6.61 Å². The number of nitrogens with two attached hydrogens (primary N) is 1. The Morgan fingerprint density at radius 3 is 2.56 bits per heavy atom. The summed E-state index contributed by atoms with van der Waals surface area (Å²) in [6.45, 7) is 3.95. The van der Waals surface area contributed by atoms with Gasteiger partial charge in [0.25, 0.3) is 5.91 Å². The van der Waals surface area contributed by atoms with Gasteiger partial charge in [0, 0.05) is 12.5 Å². The van der Waals surface area contributed by atoms with Crippen LogP contribution in [0.25, 0.3) is 0 Å². The molecule has 0 saturated heterocycles. The van der Waals surface area contributed by atoms with Gasteiger partial charge < -0.3 is 21.1 Å². The number of benzene rings is 1. The van der Waals surface area contributed by atoms with Gasteiger partial charge in [-0.3, -0.25) is 4.79 Å². The molecule has 1 saturated carbocycles. The molecule has 0 aromatic heterocycles. The lowest BCUT2D eigenvalue weighted by atomic mass is 9.78. The number of esters is 1. The fourth-order valence-electron chi connectivity index (χ4n) is 3.49. The zero-order valence-electron chi connectivity index (χ0n) is 15.9. The van der Waals surface area contributed by atoms with E-state index in [2.05, 4.69) is 24.5 Å². The molecule has 0 heterocycles. The predicted molar refractivity (Wildman–Crippen MR) is 102 cm³/mol. The number of urea groups is 1. The van der Waals surface area contributed by atoms with E-state index in [1.807, 2.05) is 30.3 Å². The molecule has 1 aliphatic carbocycles. The molecule has 0 radical (unpaired) electrons. The molecule has 1 aromatic rings. The van der Waals surface area contributed by atoms with Gasteiger partial charge in [-0.2, -0.15) is 0 Å². The molecule has 4 atom stereocenters. The van der Waals surface area contributed by atoms with Crippen molar-refractivity contribution in [2.75, 3.05) is 6.61 Å². The smallest absolute Gasteiger partial charge is 0.329 e. The zero-order valence-corrected chi connectivity index (χ0v) is 15.9. The third kappa shape index (κ3) is 6.58. The van der Waals surface area contributed by atoms with Gasteiger partial charge in [-0.25, -0.2) is 9.59 Å². The van der Waals surface area contributed by atoms with Crippen LogP contribution in [0.2, 0.25) is 0 Å². The molecule has 0 bridgehead atoms. The fourth-order valence-corrected chi connectivity index (χ4v) is 3.49. The van der Waals surface area contributed by atoms with Gasteiger partial charge in [-0.1, -0.05) is 57.0 Å². The van der Waals surface area contributed by atoms with Crippen LogP contribution in [0.5, 0.6) is 0 Å². The summed E-state index contributed by atoms with van der Waals surface area (Å²) in [7, 11) is 0. The van der Waals surface area contributed by atoms with Gasteiger partial charge in [0.05, 0.1) is 0 Å². The van der Waals surface area contributed by atoms with Crippen LogP contribution < -0.4 is 16.4 Å². The highest BCUT2D eigenvalue weighted by Gasteiger charge is 2.29. The number of carbonyl (C=O) groups is 3. The minimum absolute atomic E-state index is 0.101. The lowest BCUT2D eigenvalue weighted by Gasteiger charge is -2.34. The highest BCUT2D eigenvalue weighted by molar-refractivity contribution is 5.85. The molecule has 2 rings (SSSR count). The number of carbonyl (C=O) groups excluding carboxylic acids is 3. The topological polar surface area (TPSA) is 111 Å². The van der Waals surface area contributed by atoms with Gasteiger partial charge in [-0.05, 0) is 23.8 Å². The molecule has 27 heavy (non-hydrogen) atoms. The summed E-state index contributed by atoms with van der Waals surface area (Å²) in [6, 6.07) is 7.54. The van der Waals surface area contributed by atoms with Crippen molar-refractivity contribution >= 4 is 17.9 Å². The SMILES string of the molecule is C[C@@H]1[C@H](C)CCC[C@H]1NC(=O)COC(=O)[C@H](Cc1ccccc1)NC(N)=O. The standard InChI is InChI=1S/C20H29N3O4/c1-13-7-6-10-16(14(13)2)22-18(24)12-27-19(25)17(23-20(21)26)11-15-8-4-3-5-9-15/h3-5,8-9,13-14,16-17H,6-7,10-12H2,1-2H3,(H,22,24)(H3,21,23,26)/t13-,14-,16-,17+/m1/s1. The number of hydrogen-bond donors (Lipinski definition) is 3. The van der Waals surface area contributed by atoms with E-state index in [0.29, 0.717) is 11.8 Å². The van der Waals surface area contributed by atoms with Crippen molar-refractivity contribution < 1.29 is 19.1 Å². The van der Waals surface area contributed by atoms with Crippen molar-refractivity contribution in [1.29, 1.82) is 0 Å². The predicted octanol–water partition coefficient (Wildman–Crippen LogP) is 1.75. The van der Waals surface area contributed by atoms with E-state index in [-0.39, 0.29) is 25.0 Å². The number of rotatable bonds is 7. The molecule has 7 heteroatoms. The Hall–Kier alpha value is -2.57. The first-order chi connectivity index (χ1) is 12.9. The highest BCUT2D eigenvalue weighted by atomic mass is 16.5. The Morgan fingerprint density at radius 1 is 1.19 bits per heavy atom. The Kier molecular flexibility index (Phi) is 7.64. The van der Waals surface area contributed by atoms with Crippen LogP contribution in [0.15, 0.2) is 30.3 Å². The monoisotopic (exact) mass is 375 g/mol. The Balaban J connectivity index is 1.86. The number of hydrogen-bond acceptors (Lipinski definition) is 4. The van der Waals surface area contributed by atoms with E-state index in [1.165, 1.54) is 6.42 Å². The second kappa shape index (κ2) is 9.94. The first kappa shape index (κ1) is 20.7. The molecule has 0 spiro atoms.